The molecule has 0 aliphatic carbocycles. The van der Waals surface area contributed by atoms with Gasteiger partial charge in [0.25, 0.3) is 0 Å². The molecule has 2 heterocycles. The number of benzene rings is 2. The second kappa shape index (κ2) is 8.98. The molecule has 0 bridgehead atoms. The zero-order valence-electron chi connectivity index (χ0n) is 18.2. The third-order valence-electron chi connectivity index (χ3n) is 5.43. The predicted molar refractivity (Wildman–Crippen MR) is 126 cm³/mol. The Bertz CT molecular complexity index is 1240. The molecule has 0 saturated carbocycles. The number of thioether (sulfide) groups is 1. The summed E-state index contributed by atoms with van der Waals surface area (Å²) in [5, 5.41) is 13.6. The summed E-state index contributed by atoms with van der Waals surface area (Å²) < 4.78 is 7.37. The van der Waals surface area contributed by atoms with E-state index in [1.807, 2.05) is 35.6 Å². The van der Waals surface area contributed by atoms with Crippen molar-refractivity contribution >= 4 is 39.9 Å². The molecule has 2 aromatic carbocycles. The van der Waals surface area contributed by atoms with Crippen LogP contribution in [-0.2, 0) is 17.6 Å². The summed E-state index contributed by atoms with van der Waals surface area (Å²) in [4.78, 5) is 12.8. The Kier molecular flexibility index (Phi) is 6.13. The van der Waals surface area contributed by atoms with Crippen LogP contribution >= 0.6 is 11.8 Å². The van der Waals surface area contributed by atoms with Gasteiger partial charge in [-0.25, -0.2) is 0 Å². The average molecular weight is 435 g/mol. The molecule has 1 amide bonds. The number of carbonyl (C=O) groups excluding carboxylic acids is 1. The lowest BCUT2D eigenvalue weighted by molar-refractivity contribution is -0.113. The van der Waals surface area contributed by atoms with Gasteiger partial charge in [0.15, 0.2) is 10.8 Å². The fraction of sp³-hybridized carbons (Fsp3) is 0.292. The summed E-state index contributed by atoms with van der Waals surface area (Å²) in [5.74, 6) is 1.01. The number of carbonyl (C=O) groups is 1. The van der Waals surface area contributed by atoms with E-state index in [0.717, 1.165) is 57.5 Å². The number of ether oxygens (including phenoxy) is 1. The minimum atomic E-state index is -0.0454. The number of nitrogens with zero attached hydrogens (tertiary/aromatic N) is 3. The number of fused-ring (bicyclic) bond motifs is 3. The van der Waals surface area contributed by atoms with Crippen LogP contribution in [0, 0.1) is 6.92 Å². The highest BCUT2D eigenvalue weighted by atomic mass is 32.2. The van der Waals surface area contributed by atoms with Crippen molar-refractivity contribution < 1.29 is 9.53 Å². The molecule has 0 spiro atoms. The van der Waals surface area contributed by atoms with Gasteiger partial charge in [-0.3, -0.25) is 9.20 Å². The monoisotopic (exact) mass is 434 g/mol. The van der Waals surface area contributed by atoms with Gasteiger partial charge in [0.05, 0.1) is 18.4 Å². The summed E-state index contributed by atoms with van der Waals surface area (Å²) in [5.41, 5.74) is 6.05. The van der Waals surface area contributed by atoms with Crippen LogP contribution in [0.3, 0.4) is 0 Å². The molecule has 0 atom stereocenters. The van der Waals surface area contributed by atoms with Crippen molar-refractivity contribution in [3.8, 4) is 5.75 Å². The van der Waals surface area contributed by atoms with Crippen molar-refractivity contribution in [2.45, 2.75) is 38.8 Å². The lowest BCUT2D eigenvalue weighted by Gasteiger charge is -2.14. The van der Waals surface area contributed by atoms with Gasteiger partial charge in [0.1, 0.15) is 5.75 Å². The lowest BCUT2D eigenvalue weighted by Crippen LogP contribution is -2.17. The molecule has 4 rings (SSSR count). The maximum atomic E-state index is 12.8. The van der Waals surface area contributed by atoms with E-state index in [2.05, 4.69) is 47.6 Å². The highest BCUT2D eigenvalue weighted by Gasteiger charge is 2.15. The first kappa shape index (κ1) is 21.2. The topological polar surface area (TPSA) is 68.5 Å². The molecule has 0 saturated heterocycles. The maximum absolute atomic E-state index is 12.8. The second-order valence-electron chi connectivity index (χ2n) is 7.39. The quantitative estimate of drug-likeness (QED) is 0.412. The Balaban J connectivity index is 1.61. The molecular weight excluding hydrogens is 408 g/mol. The van der Waals surface area contributed by atoms with Crippen molar-refractivity contribution in [2.24, 2.45) is 0 Å². The zero-order chi connectivity index (χ0) is 22.0. The third-order valence-corrected chi connectivity index (χ3v) is 6.36. The summed E-state index contributed by atoms with van der Waals surface area (Å²) >= 11 is 1.39. The van der Waals surface area contributed by atoms with E-state index in [9.17, 15) is 4.79 Å². The number of para-hydroxylation sites is 1. The molecule has 0 aliphatic heterocycles. The molecule has 31 heavy (non-hydrogen) atoms. The van der Waals surface area contributed by atoms with Crippen LogP contribution in [0.5, 0.6) is 5.75 Å². The number of aryl methyl sites for hydroxylation is 3. The fourth-order valence-corrected chi connectivity index (χ4v) is 4.57. The predicted octanol–water partition coefficient (Wildman–Crippen LogP) is 5.06. The number of hydrogen-bond acceptors (Lipinski definition) is 5. The first-order chi connectivity index (χ1) is 15.0. The molecule has 2 aromatic heterocycles. The molecule has 0 unspecified atom stereocenters. The van der Waals surface area contributed by atoms with E-state index in [1.54, 1.807) is 7.11 Å². The molecule has 7 heteroatoms. The smallest absolute Gasteiger partial charge is 0.234 e. The minimum Gasteiger partial charge on any atom is -0.497 e. The summed E-state index contributed by atoms with van der Waals surface area (Å²) in [6.07, 6.45) is 1.75. The maximum Gasteiger partial charge on any atom is 0.234 e. The number of hydrogen-bond donors (Lipinski definition) is 1. The Labute approximate surface area is 186 Å². The number of amides is 1. The van der Waals surface area contributed by atoms with Crippen molar-refractivity contribution in [3.63, 3.8) is 0 Å². The van der Waals surface area contributed by atoms with Gasteiger partial charge in [-0.1, -0.05) is 43.8 Å². The van der Waals surface area contributed by atoms with Crippen LogP contribution in [0.4, 0.5) is 5.69 Å². The molecule has 6 nitrogen and oxygen atoms in total. The van der Waals surface area contributed by atoms with Crippen LogP contribution in [0.15, 0.2) is 47.6 Å². The third kappa shape index (κ3) is 4.10. The Morgan fingerprint density at radius 2 is 1.84 bits per heavy atom. The first-order valence-corrected chi connectivity index (χ1v) is 11.4. The minimum absolute atomic E-state index is 0.0454. The molecule has 1 N–H and O–H groups in total. The number of rotatable bonds is 7. The van der Waals surface area contributed by atoms with Gasteiger partial charge in [-0.15, -0.1) is 10.2 Å². The van der Waals surface area contributed by atoms with E-state index in [4.69, 9.17) is 4.74 Å². The van der Waals surface area contributed by atoms with Crippen LogP contribution < -0.4 is 10.1 Å². The fourth-order valence-electron chi connectivity index (χ4n) is 3.82. The molecule has 4 aromatic rings. The molecule has 0 fully saturated rings. The van der Waals surface area contributed by atoms with Crippen LogP contribution in [-0.4, -0.2) is 33.4 Å². The Morgan fingerprint density at radius 3 is 2.52 bits per heavy atom. The van der Waals surface area contributed by atoms with Crippen molar-refractivity contribution in [2.75, 3.05) is 18.2 Å². The van der Waals surface area contributed by atoms with Gasteiger partial charge in [0.2, 0.25) is 5.91 Å². The summed E-state index contributed by atoms with van der Waals surface area (Å²) in [6, 6.07) is 14.2. The largest absolute Gasteiger partial charge is 0.497 e. The van der Waals surface area contributed by atoms with Gasteiger partial charge < -0.3 is 10.1 Å². The van der Waals surface area contributed by atoms with E-state index in [-0.39, 0.29) is 11.7 Å². The molecular formula is C24H26N4O2S. The number of pyridine rings is 1. The zero-order valence-corrected chi connectivity index (χ0v) is 19.0. The number of anilines is 1. The van der Waals surface area contributed by atoms with E-state index < -0.39 is 0 Å². The molecule has 160 valence electrons. The van der Waals surface area contributed by atoms with Crippen LogP contribution in [0.25, 0.3) is 16.6 Å². The standard InChI is InChI=1S/C24H26N4O2S/c1-5-16-8-7-9-17(6-2)22(16)25-21(29)14-31-24-27-26-23-15(3)12-18-13-19(30-4)10-11-20(18)28(23)24/h7-13H,5-6,14H2,1-4H3,(H,25,29). The van der Waals surface area contributed by atoms with Crippen molar-refractivity contribution in [1.82, 2.24) is 14.6 Å². The van der Waals surface area contributed by atoms with Crippen LogP contribution in [0.1, 0.15) is 30.5 Å². The van der Waals surface area contributed by atoms with Crippen LogP contribution in [0.2, 0.25) is 0 Å². The van der Waals surface area contributed by atoms with E-state index >= 15 is 0 Å². The number of nitrogens with one attached hydrogen (secondary N) is 1. The summed E-state index contributed by atoms with van der Waals surface area (Å²) in [7, 11) is 1.66. The number of aromatic nitrogens is 3. The van der Waals surface area contributed by atoms with Crippen molar-refractivity contribution in [3.05, 3.63) is 59.2 Å². The highest BCUT2D eigenvalue weighted by Crippen LogP contribution is 2.28. The van der Waals surface area contributed by atoms with Crippen molar-refractivity contribution in [1.29, 1.82) is 0 Å². The summed E-state index contributed by atoms with van der Waals surface area (Å²) in [6.45, 7) is 6.21. The Morgan fingerprint density at radius 1 is 1.10 bits per heavy atom. The average Bonchev–Trinajstić information content (AvgIpc) is 3.22. The highest BCUT2D eigenvalue weighted by molar-refractivity contribution is 7.99. The normalized spacial score (nSPS) is 11.2. The lowest BCUT2D eigenvalue weighted by atomic mass is 10.0. The van der Waals surface area contributed by atoms with E-state index in [0.29, 0.717) is 5.16 Å². The van der Waals surface area contributed by atoms with Gasteiger partial charge in [-0.05, 0) is 60.7 Å². The van der Waals surface area contributed by atoms with Gasteiger partial charge in [0, 0.05) is 11.1 Å². The van der Waals surface area contributed by atoms with Gasteiger partial charge in [-0.2, -0.15) is 0 Å². The first-order valence-electron chi connectivity index (χ1n) is 10.4. The Hall–Kier alpha value is -3.06. The van der Waals surface area contributed by atoms with E-state index in [1.165, 1.54) is 11.8 Å². The number of methoxy groups -OCH3 is 1. The SMILES string of the molecule is CCc1cccc(CC)c1NC(=O)CSc1nnc2c(C)cc3cc(OC)ccc3n12. The van der Waals surface area contributed by atoms with Gasteiger partial charge >= 0.3 is 0 Å². The second-order valence-corrected chi connectivity index (χ2v) is 8.33. The molecule has 0 radical (unpaired) electrons. The molecule has 0 aliphatic rings.